The Morgan fingerprint density at radius 1 is 1.29 bits per heavy atom. The molecule has 0 saturated heterocycles. The Morgan fingerprint density at radius 3 is 2.58 bits per heavy atom. The number of nitro benzene ring substituents is 1. The summed E-state index contributed by atoms with van der Waals surface area (Å²) in [7, 11) is 1.70. The van der Waals surface area contributed by atoms with Crippen molar-refractivity contribution in [3.8, 4) is 0 Å². The fraction of sp³-hybridized carbons (Fsp3) is 0.412. The van der Waals surface area contributed by atoms with E-state index in [0.29, 0.717) is 24.5 Å². The summed E-state index contributed by atoms with van der Waals surface area (Å²) in [6, 6.07) is 6.42. The van der Waals surface area contributed by atoms with Gasteiger partial charge in [0.2, 0.25) is 0 Å². The van der Waals surface area contributed by atoms with E-state index < -0.39 is 16.9 Å². The summed E-state index contributed by atoms with van der Waals surface area (Å²) >= 11 is 0. The van der Waals surface area contributed by atoms with Gasteiger partial charge in [0.15, 0.2) is 0 Å². The van der Waals surface area contributed by atoms with Crippen molar-refractivity contribution in [3.05, 3.63) is 57.6 Å². The Kier molecular flexibility index (Phi) is 5.73. The molecule has 24 heavy (non-hydrogen) atoms. The van der Waals surface area contributed by atoms with Gasteiger partial charge >= 0.3 is 0 Å². The number of rotatable bonds is 6. The first-order chi connectivity index (χ1) is 11.5. The number of nitrogens with zero attached hydrogens (tertiary/aromatic N) is 2. The Labute approximate surface area is 140 Å². The first kappa shape index (κ1) is 17.7. The predicted molar refractivity (Wildman–Crippen MR) is 87.9 cm³/mol. The third kappa shape index (κ3) is 3.32. The molecule has 0 aliphatic carbocycles. The van der Waals surface area contributed by atoms with Crippen molar-refractivity contribution in [2.24, 2.45) is 0 Å². The highest BCUT2D eigenvalue weighted by Gasteiger charge is 2.40. The quantitative estimate of drug-likeness (QED) is 0.452. The van der Waals surface area contributed by atoms with Crippen molar-refractivity contribution in [1.29, 1.82) is 0 Å². The van der Waals surface area contributed by atoms with Crippen LogP contribution in [0.1, 0.15) is 25.3 Å². The van der Waals surface area contributed by atoms with Crippen LogP contribution in [-0.4, -0.2) is 42.1 Å². The number of hydrogen-bond acceptors (Lipinski definition) is 6. The summed E-state index contributed by atoms with van der Waals surface area (Å²) in [6.07, 6.45) is 0.950. The summed E-state index contributed by atoms with van der Waals surface area (Å²) in [5, 5.41) is 11.4. The Morgan fingerprint density at radius 2 is 2.00 bits per heavy atom. The van der Waals surface area contributed by atoms with Gasteiger partial charge in [-0.05, 0) is 13.8 Å². The van der Waals surface area contributed by atoms with Crippen LogP contribution >= 0.6 is 0 Å². The molecule has 7 heteroatoms. The average Bonchev–Trinajstić information content (AvgIpc) is 2.55. The Balaban J connectivity index is 2.66. The molecule has 0 N–H and O–H groups in total. The topological polar surface area (TPSA) is 81.9 Å². The van der Waals surface area contributed by atoms with Crippen LogP contribution < -0.4 is 0 Å². The van der Waals surface area contributed by atoms with Crippen LogP contribution in [0.25, 0.3) is 0 Å². The molecule has 0 bridgehead atoms. The fourth-order valence-corrected chi connectivity index (χ4v) is 2.86. The summed E-state index contributed by atoms with van der Waals surface area (Å²) in [4.78, 5) is 24.0. The highest BCUT2D eigenvalue weighted by atomic mass is 16.6. The molecule has 1 aromatic rings. The second kappa shape index (κ2) is 7.77. The Bertz CT molecular complexity index is 694. The fourth-order valence-electron chi connectivity index (χ4n) is 2.86. The molecule has 128 valence electrons. The zero-order valence-corrected chi connectivity index (χ0v) is 13.9. The normalized spacial score (nSPS) is 20.4. The lowest BCUT2D eigenvalue weighted by Gasteiger charge is -2.36. The van der Waals surface area contributed by atoms with E-state index in [0.717, 1.165) is 0 Å². The van der Waals surface area contributed by atoms with Gasteiger partial charge in [-0.2, -0.15) is 0 Å². The summed E-state index contributed by atoms with van der Waals surface area (Å²) in [5.41, 5.74) is 0.692. The third-order valence-corrected chi connectivity index (χ3v) is 3.81. The highest BCUT2D eigenvalue weighted by molar-refractivity contribution is 5.58. The largest absolute Gasteiger partial charge is 0.496 e. The van der Waals surface area contributed by atoms with Gasteiger partial charge < -0.3 is 14.4 Å². The number of carbonyl (C=O) groups excluding carboxylic acids is 1. The number of nitro groups is 1. The predicted octanol–water partition coefficient (Wildman–Crippen LogP) is 2.62. The molecule has 1 aromatic carbocycles. The van der Waals surface area contributed by atoms with Gasteiger partial charge in [-0.15, -0.1) is 0 Å². The van der Waals surface area contributed by atoms with Gasteiger partial charge in [0.1, 0.15) is 23.5 Å². The Hall–Kier alpha value is -2.63. The average molecular weight is 332 g/mol. The van der Waals surface area contributed by atoms with Crippen LogP contribution in [0.15, 0.2) is 41.9 Å². The molecular weight excluding hydrogens is 312 g/mol. The molecule has 2 atom stereocenters. The van der Waals surface area contributed by atoms with E-state index in [1.165, 1.54) is 6.07 Å². The summed E-state index contributed by atoms with van der Waals surface area (Å²) in [5.74, 6) is 1.83. The van der Waals surface area contributed by atoms with Crippen LogP contribution in [0.3, 0.4) is 0 Å². The van der Waals surface area contributed by atoms with E-state index in [1.807, 2.05) is 12.9 Å². The lowest BCUT2D eigenvalue weighted by Crippen LogP contribution is -2.38. The van der Waals surface area contributed by atoms with Crippen LogP contribution in [0.2, 0.25) is 0 Å². The summed E-state index contributed by atoms with van der Waals surface area (Å²) < 4.78 is 11.4. The van der Waals surface area contributed by atoms with Gasteiger partial charge in [0, 0.05) is 31.5 Å². The van der Waals surface area contributed by atoms with Gasteiger partial charge in [0.25, 0.3) is 5.69 Å². The van der Waals surface area contributed by atoms with Crippen molar-refractivity contribution in [1.82, 2.24) is 4.90 Å². The number of likely N-dealkylation sites (N-methyl/N-ethyl adjacent to an activating group) is 1. The lowest BCUT2D eigenvalue weighted by molar-refractivity contribution is -0.385. The molecule has 0 amide bonds. The monoisotopic (exact) mass is 332 g/mol. The number of hydrogen-bond donors (Lipinski definition) is 0. The molecule has 0 spiro atoms. The zero-order chi connectivity index (χ0) is 17.7. The van der Waals surface area contributed by atoms with Crippen LogP contribution in [0, 0.1) is 10.1 Å². The van der Waals surface area contributed by atoms with Gasteiger partial charge in [-0.3, -0.25) is 10.1 Å². The van der Waals surface area contributed by atoms with E-state index in [9.17, 15) is 14.9 Å². The molecule has 1 aliphatic rings. The minimum Gasteiger partial charge on any atom is -0.496 e. The van der Waals surface area contributed by atoms with E-state index in [1.54, 1.807) is 43.3 Å². The van der Waals surface area contributed by atoms with Crippen LogP contribution in [0.4, 0.5) is 5.69 Å². The maximum Gasteiger partial charge on any atom is 0.273 e. The standard InChI is InChI=1S/C17H20N2O5/c1-4-23-15-10-18(3)14(11-20)17(24-5-2)16(15)12-8-6-7-9-13(12)19(21)22/h6-10,16-17H,4-5H2,1-3H3. The van der Waals surface area contributed by atoms with Gasteiger partial charge in [-0.1, -0.05) is 18.2 Å². The van der Waals surface area contributed by atoms with Crippen molar-refractivity contribution in [2.75, 3.05) is 20.3 Å². The zero-order valence-electron chi connectivity index (χ0n) is 13.9. The number of para-hydroxylation sites is 1. The van der Waals surface area contributed by atoms with E-state index in [2.05, 4.69) is 0 Å². The van der Waals surface area contributed by atoms with Crippen LogP contribution in [0.5, 0.6) is 0 Å². The first-order valence-corrected chi connectivity index (χ1v) is 7.72. The molecule has 0 saturated carbocycles. The number of ether oxygens (including phenoxy) is 2. The van der Waals surface area contributed by atoms with Crippen molar-refractivity contribution < 1.29 is 19.2 Å². The molecule has 2 unspecified atom stereocenters. The minimum atomic E-state index is -0.704. The van der Waals surface area contributed by atoms with Crippen molar-refractivity contribution >= 4 is 11.6 Å². The molecular formula is C17H20N2O5. The third-order valence-electron chi connectivity index (χ3n) is 3.81. The lowest BCUT2D eigenvalue weighted by atomic mass is 9.86. The van der Waals surface area contributed by atoms with Crippen LogP contribution in [-0.2, 0) is 14.3 Å². The molecule has 7 nitrogen and oxygen atoms in total. The first-order valence-electron chi connectivity index (χ1n) is 7.72. The van der Waals surface area contributed by atoms with E-state index >= 15 is 0 Å². The maximum absolute atomic E-state index is 11.4. The molecule has 1 heterocycles. The second-order valence-corrected chi connectivity index (χ2v) is 5.23. The number of benzene rings is 1. The van der Waals surface area contributed by atoms with E-state index in [4.69, 9.17) is 9.47 Å². The molecule has 0 radical (unpaired) electrons. The minimum absolute atomic E-state index is 0.0346. The van der Waals surface area contributed by atoms with Crippen molar-refractivity contribution in [3.63, 3.8) is 0 Å². The summed E-state index contributed by atoms with van der Waals surface area (Å²) in [6.45, 7) is 4.38. The highest BCUT2D eigenvalue weighted by Crippen LogP contribution is 2.41. The second-order valence-electron chi connectivity index (χ2n) is 5.23. The SMILES string of the molecule is CCOC1=CN(C)C(=C=O)C(OCC)C1c1ccccc1[N+](=O)[O-]. The maximum atomic E-state index is 11.4. The molecule has 1 aliphatic heterocycles. The molecule has 0 aromatic heterocycles. The molecule has 0 fully saturated rings. The smallest absolute Gasteiger partial charge is 0.273 e. The molecule has 2 rings (SSSR count). The van der Waals surface area contributed by atoms with Crippen molar-refractivity contribution in [2.45, 2.75) is 25.9 Å². The van der Waals surface area contributed by atoms with Gasteiger partial charge in [-0.25, -0.2) is 4.79 Å². The van der Waals surface area contributed by atoms with Gasteiger partial charge in [0.05, 0.1) is 17.4 Å². The van der Waals surface area contributed by atoms with E-state index in [-0.39, 0.29) is 11.4 Å².